The summed E-state index contributed by atoms with van der Waals surface area (Å²) in [5.41, 5.74) is 0. The van der Waals surface area contributed by atoms with Crippen molar-refractivity contribution in [2.75, 3.05) is 27.8 Å². The van der Waals surface area contributed by atoms with Crippen LogP contribution in [0.1, 0.15) is 0 Å². The molecule has 0 aliphatic carbocycles. The quantitative estimate of drug-likeness (QED) is 0.467. The van der Waals surface area contributed by atoms with E-state index in [1.165, 1.54) is 0 Å². The zero-order chi connectivity index (χ0) is 4.99. The van der Waals surface area contributed by atoms with Crippen LogP contribution in [0.2, 0.25) is 0 Å². The summed E-state index contributed by atoms with van der Waals surface area (Å²) in [4.78, 5) is 2.07. The number of hydrogen-bond donors (Lipinski definition) is 1. The second-order valence-electron chi connectivity index (χ2n) is 1.59. The SMILES string of the molecule is CNCN(C)C. The third kappa shape index (κ3) is 3.92. The molecule has 0 unspecified atom stereocenters. The summed E-state index contributed by atoms with van der Waals surface area (Å²) in [6, 6.07) is 0. The highest BCUT2D eigenvalue weighted by Gasteiger charge is 1.77. The van der Waals surface area contributed by atoms with Crippen LogP contribution < -0.4 is 5.32 Å². The molecule has 0 heterocycles. The molecule has 0 aliphatic rings. The molecule has 6 heavy (non-hydrogen) atoms. The highest BCUT2D eigenvalue weighted by Crippen LogP contribution is 1.60. The summed E-state index contributed by atoms with van der Waals surface area (Å²) in [5.74, 6) is 0. The van der Waals surface area contributed by atoms with Crippen LogP contribution in [0.3, 0.4) is 0 Å². The standard InChI is InChI=1S/C4H12N2/c1-5-4-6(2)3/h5H,4H2,1-3H3. The number of hydrogen-bond acceptors (Lipinski definition) is 2. The van der Waals surface area contributed by atoms with Gasteiger partial charge in [-0.2, -0.15) is 0 Å². The molecule has 0 fully saturated rings. The number of rotatable bonds is 2. The molecule has 0 aromatic carbocycles. The molecule has 0 bridgehead atoms. The Morgan fingerprint density at radius 3 is 2.00 bits per heavy atom. The zero-order valence-corrected chi connectivity index (χ0v) is 4.65. The van der Waals surface area contributed by atoms with Crippen LogP contribution in [-0.4, -0.2) is 32.7 Å². The molecule has 0 aromatic rings. The second kappa shape index (κ2) is 3.12. The van der Waals surface area contributed by atoms with Crippen molar-refractivity contribution in [3.8, 4) is 0 Å². The molecule has 0 amide bonds. The monoisotopic (exact) mass is 88.1 g/mol. The third-order valence-corrected chi connectivity index (χ3v) is 0.474. The third-order valence-electron chi connectivity index (χ3n) is 0.474. The predicted molar refractivity (Wildman–Crippen MR) is 27.6 cm³/mol. The normalized spacial score (nSPS) is 10.0. The predicted octanol–water partition coefficient (Wildman–Crippen LogP) is -0.275. The van der Waals surface area contributed by atoms with Crippen LogP contribution in [0, 0.1) is 0 Å². The molecule has 0 aromatic heterocycles. The van der Waals surface area contributed by atoms with Crippen LogP contribution >= 0.6 is 0 Å². The van der Waals surface area contributed by atoms with Crippen molar-refractivity contribution in [3.05, 3.63) is 0 Å². The molecule has 0 spiro atoms. The largest absolute Gasteiger partial charge is 0.307 e. The van der Waals surface area contributed by atoms with Crippen molar-refractivity contribution in [1.29, 1.82) is 0 Å². The summed E-state index contributed by atoms with van der Waals surface area (Å²) in [7, 11) is 5.98. The van der Waals surface area contributed by atoms with E-state index in [4.69, 9.17) is 0 Å². The van der Waals surface area contributed by atoms with E-state index in [0.29, 0.717) is 0 Å². The van der Waals surface area contributed by atoms with Gasteiger partial charge in [0, 0.05) is 6.67 Å². The topological polar surface area (TPSA) is 15.3 Å². The van der Waals surface area contributed by atoms with Crippen molar-refractivity contribution in [2.24, 2.45) is 0 Å². The first kappa shape index (κ1) is 5.92. The highest BCUT2D eigenvalue weighted by molar-refractivity contribution is 4.30. The Balaban J connectivity index is 2.63. The summed E-state index contributed by atoms with van der Waals surface area (Å²) in [6.45, 7) is 0.958. The molecule has 2 nitrogen and oxygen atoms in total. The molecule has 1 N–H and O–H groups in total. The average Bonchev–Trinajstić information content (AvgIpc) is 1.35. The van der Waals surface area contributed by atoms with E-state index in [9.17, 15) is 0 Å². The van der Waals surface area contributed by atoms with Crippen molar-refractivity contribution < 1.29 is 0 Å². The number of nitrogens with zero attached hydrogens (tertiary/aromatic N) is 1. The molecule has 0 aliphatic heterocycles. The molecular weight excluding hydrogens is 76.1 g/mol. The molecular formula is C4H12N2. The lowest BCUT2D eigenvalue weighted by Crippen LogP contribution is -2.24. The van der Waals surface area contributed by atoms with Gasteiger partial charge in [0.05, 0.1) is 0 Å². The van der Waals surface area contributed by atoms with E-state index < -0.39 is 0 Å². The average molecular weight is 88.2 g/mol. The first-order valence-electron chi connectivity index (χ1n) is 2.06. The Kier molecular flexibility index (Phi) is 3.08. The fraction of sp³-hybridized carbons (Fsp3) is 1.00. The first-order valence-corrected chi connectivity index (χ1v) is 2.06. The van der Waals surface area contributed by atoms with E-state index >= 15 is 0 Å². The Morgan fingerprint density at radius 2 is 2.00 bits per heavy atom. The molecule has 0 atom stereocenters. The van der Waals surface area contributed by atoms with Crippen molar-refractivity contribution in [2.45, 2.75) is 0 Å². The van der Waals surface area contributed by atoms with Crippen molar-refractivity contribution in [1.82, 2.24) is 10.2 Å². The van der Waals surface area contributed by atoms with Crippen LogP contribution in [0.15, 0.2) is 0 Å². The lowest BCUT2D eigenvalue weighted by Gasteiger charge is -2.05. The lowest BCUT2D eigenvalue weighted by atomic mass is 10.9. The Bertz CT molecular complexity index is 26.7. The minimum Gasteiger partial charge on any atom is -0.307 e. The number of nitrogens with one attached hydrogen (secondary N) is 1. The van der Waals surface area contributed by atoms with Crippen LogP contribution in [-0.2, 0) is 0 Å². The lowest BCUT2D eigenvalue weighted by molar-refractivity contribution is 0.385. The van der Waals surface area contributed by atoms with Crippen molar-refractivity contribution in [3.63, 3.8) is 0 Å². The van der Waals surface area contributed by atoms with Gasteiger partial charge in [-0.15, -0.1) is 0 Å². The highest BCUT2D eigenvalue weighted by atomic mass is 15.2. The summed E-state index contributed by atoms with van der Waals surface area (Å²) >= 11 is 0. The maximum atomic E-state index is 2.99. The summed E-state index contributed by atoms with van der Waals surface area (Å²) < 4.78 is 0. The zero-order valence-electron chi connectivity index (χ0n) is 4.65. The second-order valence-corrected chi connectivity index (χ2v) is 1.59. The van der Waals surface area contributed by atoms with Gasteiger partial charge in [0.15, 0.2) is 0 Å². The maximum absolute atomic E-state index is 2.99. The minimum atomic E-state index is 0.958. The summed E-state index contributed by atoms with van der Waals surface area (Å²) in [6.07, 6.45) is 0. The smallest absolute Gasteiger partial charge is 0.0472 e. The Labute approximate surface area is 39.1 Å². The molecule has 0 radical (unpaired) electrons. The van der Waals surface area contributed by atoms with Gasteiger partial charge in [0.1, 0.15) is 0 Å². The fourth-order valence-electron chi connectivity index (χ4n) is 0.316. The van der Waals surface area contributed by atoms with Gasteiger partial charge < -0.3 is 5.32 Å². The van der Waals surface area contributed by atoms with Gasteiger partial charge >= 0.3 is 0 Å². The van der Waals surface area contributed by atoms with E-state index in [-0.39, 0.29) is 0 Å². The van der Waals surface area contributed by atoms with E-state index in [2.05, 4.69) is 10.2 Å². The fourth-order valence-corrected chi connectivity index (χ4v) is 0.316. The molecule has 0 saturated carbocycles. The van der Waals surface area contributed by atoms with Gasteiger partial charge in [-0.3, -0.25) is 4.90 Å². The van der Waals surface area contributed by atoms with Gasteiger partial charge in [0.25, 0.3) is 0 Å². The van der Waals surface area contributed by atoms with Gasteiger partial charge in [0.2, 0.25) is 0 Å². The van der Waals surface area contributed by atoms with Crippen LogP contribution in [0.5, 0.6) is 0 Å². The van der Waals surface area contributed by atoms with Gasteiger partial charge in [-0.05, 0) is 21.1 Å². The summed E-state index contributed by atoms with van der Waals surface area (Å²) in [5, 5.41) is 2.99. The van der Waals surface area contributed by atoms with E-state index in [1.807, 2.05) is 21.1 Å². The maximum Gasteiger partial charge on any atom is 0.0472 e. The molecule has 0 saturated heterocycles. The Morgan fingerprint density at radius 1 is 1.50 bits per heavy atom. The van der Waals surface area contributed by atoms with Crippen molar-refractivity contribution >= 4 is 0 Å². The van der Waals surface area contributed by atoms with E-state index in [0.717, 1.165) is 6.67 Å². The Hall–Kier alpha value is -0.0800. The van der Waals surface area contributed by atoms with E-state index in [1.54, 1.807) is 0 Å². The molecule has 0 rings (SSSR count). The van der Waals surface area contributed by atoms with Crippen LogP contribution in [0.4, 0.5) is 0 Å². The molecule has 38 valence electrons. The van der Waals surface area contributed by atoms with Gasteiger partial charge in [-0.1, -0.05) is 0 Å². The minimum absolute atomic E-state index is 0.958. The molecule has 2 heteroatoms. The van der Waals surface area contributed by atoms with Gasteiger partial charge in [-0.25, -0.2) is 0 Å². The van der Waals surface area contributed by atoms with Crippen LogP contribution in [0.25, 0.3) is 0 Å². The first-order chi connectivity index (χ1) is 2.77.